The highest BCUT2D eigenvalue weighted by molar-refractivity contribution is 5.92. The molecule has 3 rings (SSSR count). The Kier molecular flexibility index (Phi) is 6.12. The molecular formula is C19H17FN2O7. The van der Waals surface area contributed by atoms with Gasteiger partial charge in [-0.05, 0) is 30.3 Å². The molecule has 2 aromatic carbocycles. The van der Waals surface area contributed by atoms with E-state index >= 15 is 0 Å². The molecular weight excluding hydrogens is 387 g/mol. The number of carbonyl (C=O) groups excluding carboxylic acids is 3. The zero-order chi connectivity index (χ0) is 20.8. The van der Waals surface area contributed by atoms with Crippen LogP contribution in [0.1, 0.15) is 10.4 Å². The first kappa shape index (κ1) is 19.9. The number of carbonyl (C=O) groups is 3. The van der Waals surface area contributed by atoms with Crippen LogP contribution in [0.25, 0.3) is 0 Å². The van der Waals surface area contributed by atoms with Crippen LogP contribution >= 0.6 is 0 Å². The molecule has 2 amide bonds. The Morgan fingerprint density at radius 1 is 1.14 bits per heavy atom. The monoisotopic (exact) mass is 404 g/mol. The average molecular weight is 404 g/mol. The van der Waals surface area contributed by atoms with Crippen molar-refractivity contribution in [2.24, 2.45) is 0 Å². The van der Waals surface area contributed by atoms with Gasteiger partial charge in [0.15, 0.2) is 29.7 Å². The van der Waals surface area contributed by atoms with E-state index in [-0.39, 0.29) is 17.9 Å². The van der Waals surface area contributed by atoms with Crippen LogP contribution in [0.2, 0.25) is 0 Å². The van der Waals surface area contributed by atoms with Crippen molar-refractivity contribution in [2.45, 2.75) is 6.10 Å². The summed E-state index contributed by atoms with van der Waals surface area (Å²) >= 11 is 0. The van der Waals surface area contributed by atoms with E-state index in [1.165, 1.54) is 19.2 Å². The van der Waals surface area contributed by atoms with Gasteiger partial charge >= 0.3 is 5.97 Å². The minimum absolute atomic E-state index is 0.0291. The van der Waals surface area contributed by atoms with E-state index in [4.69, 9.17) is 18.9 Å². The highest BCUT2D eigenvalue weighted by Crippen LogP contribution is 2.30. The molecule has 0 fully saturated rings. The van der Waals surface area contributed by atoms with Gasteiger partial charge in [0, 0.05) is 0 Å². The van der Waals surface area contributed by atoms with Gasteiger partial charge < -0.3 is 18.9 Å². The van der Waals surface area contributed by atoms with Crippen LogP contribution < -0.4 is 25.1 Å². The molecule has 0 aromatic heterocycles. The van der Waals surface area contributed by atoms with Crippen molar-refractivity contribution in [2.75, 3.05) is 20.3 Å². The summed E-state index contributed by atoms with van der Waals surface area (Å²) in [7, 11) is 1.29. The van der Waals surface area contributed by atoms with Crippen LogP contribution in [0.4, 0.5) is 4.39 Å². The highest BCUT2D eigenvalue weighted by atomic mass is 19.1. The number of nitrogens with one attached hydrogen (secondary N) is 2. The third-order valence-corrected chi connectivity index (χ3v) is 3.85. The first-order valence-electron chi connectivity index (χ1n) is 8.46. The van der Waals surface area contributed by atoms with E-state index in [1.807, 2.05) is 0 Å². The summed E-state index contributed by atoms with van der Waals surface area (Å²) in [5.74, 6) is -2.19. The van der Waals surface area contributed by atoms with Crippen molar-refractivity contribution in [1.82, 2.24) is 10.9 Å². The van der Waals surface area contributed by atoms with Crippen molar-refractivity contribution in [3.8, 4) is 17.2 Å². The third kappa shape index (κ3) is 4.92. The average Bonchev–Trinajstić information content (AvgIpc) is 2.75. The molecule has 9 nitrogen and oxygen atoms in total. The number of ether oxygens (including phenoxy) is 4. The summed E-state index contributed by atoms with van der Waals surface area (Å²) in [6, 6.07) is 10.3. The minimum Gasteiger partial charge on any atom is -0.494 e. The van der Waals surface area contributed by atoms with Crippen LogP contribution in [0.15, 0.2) is 42.5 Å². The number of halogens is 1. The molecule has 10 heteroatoms. The summed E-state index contributed by atoms with van der Waals surface area (Å²) in [5, 5.41) is 0. The standard InChI is InChI=1S/C19H17FN2O7/c1-26-13-7-6-11(8-12(13)20)19(25)28-10-17(23)21-22-18(24)16-9-27-14-4-2-3-5-15(14)29-16/h2-8,16H,9-10H2,1H3,(H,21,23)(H,22,24)/t16-/m0/s1. The lowest BCUT2D eigenvalue weighted by Crippen LogP contribution is -2.51. The predicted octanol–water partition coefficient (Wildman–Crippen LogP) is 0.979. The number of amides is 2. The van der Waals surface area contributed by atoms with Crippen molar-refractivity contribution in [1.29, 1.82) is 0 Å². The number of fused-ring (bicyclic) bond motifs is 1. The maximum atomic E-state index is 13.6. The van der Waals surface area contributed by atoms with Gasteiger partial charge in [-0.3, -0.25) is 20.4 Å². The highest BCUT2D eigenvalue weighted by Gasteiger charge is 2.27. The van der Waals surface area contributed by atoms with Gasteiger partial charge in [0.05, 0.1) is 12.7 Å². The Hall–Kier alpha value is -3.82. The maximum Gasteiger partial charge on any atom is 0.338 e. The molecule has 2 N–H and O–H groups in total. The SMILES string of the molecule is COc1ccc(C(=O)OCC(=O)NNC(=O)[C@@H]2COc3ccccc3O2)cc1F. The van der Waals surface area contributed by atoms with E-state index in [2.05, 4.69) is 10.9 Å². The molecule has 1 aliphatic heterocycles. The summed E-state index contributed by atoms with van der Waals surface area (Å²) < 4.78 is 34.0. The van der Waals surface area contributed by atoms with Gasteiger partial charge in [-0.15, -0.1) is 0 Å². The lowest BCUT2D eigenvalue weighted by molar-refractivity contribution is -0.135. The fraction of sp³-hybridized carbons (Fsp3) is 0.211. The van der Waals surface area contributed by atoms with Gasteiger partial charge in [0.1, 0.15) is 6.61 Å². The zero-order valence-corrected chi connectivity index (χ0v) is 15.3. The molecule has 152 valence electrons. The number of methoxy groups -OCH3 is 1. The van der Waals surface area contributed by atoms with Crippen molar-refractivity contribution in [3.63, 3.8) is 0 Å². The van der Waals surface area contributed by atoms with Crippen molar-refractivity contribution >= 4 is 17.8 Å². The molecule has 1 heterocycles. The molecule has 2 aromatic rings. The van der Waals surface area contributed by atoms with Gasteiger partial charge in [0.2, 0.25) is 6.10 Å². The van der Waals surface area contributed by atoms with E-state index in [0.717, 1.165) is 6.07 Å². The van der Waals surface area contributed by atoms with E-state index in [9.17, 15) is 18.8 Å². The number of rotatable bonds is 5. The van der Waals surface area contributed by atoms with Gasteiger partial charge in [-0.2, -0.15) is 0 Å². The van der Waals surface area contributed by atoms with Crippen LogP contribution in [-0.4, -0.2) is 44.2 Å². The van der Waals surface area contributed by atoms with Gasteiger partial charge in [-0.1, -0.05) is 12.1 Å². The summed E-state index contributed by atoms with van der Waals surface area (Å²) in [6.07, 6.45) is -0.963. The van der Waals surface area contributed by atoms with E-state index in [0.29, 0.717) is 11.5 Å². The predicted molar refractivity (Wildman–Crippen MR) is 95.9 cm³/mol. The molecule has 0 unspecified atom stereocenters. The Balaban J connectivity index is 1.43. The van der Waals surface area contributed by atoms with Crippen molar-refractivity contribution in [3.05, 3.63) is 53.8 Å². The topological polar surface area (TPSA) is 112 Å². The summed E-state index contributed by atoms with van der Waals surface area (Å²) in [6.45, 7) is -0.714. The fourth-order valence-electron chi connectivity index (χ4n) is 2.40. The van der Waals surface area contributed by atoms with Gasteiger partial charge in [0.25, 0.3) is 11.8 Å². The Bertz CT molecular complexity index is 935. The number of hydrogen-bond donors (Lipinski definition) is 2. The Morgan fingerprint density at radius 3 is 2.62 bits per heavy atom. The third-order valence-electron chi connectivity index (χ3n) is 3.85. The number of benzene rings is 2. The largest absolute Gasteiger partial charge is 0.494 e. The molecule has 0 saturated carbocycles. The van der Waals surface area contributed by atoms with Crippen LogP contribution in [0.3, 0.4) is 0 Å². The summed E-state index contributed by atoms with van der Waals surface area (Å²) in [4.78, 5) is 35.7. The second-order valence-electron chi connectivity index (χ2n) is 5.83. The van der Waals surface area contributed by atoms with Crippen molar-refractivity contribution < 1.29 is 37.7 Å². The first-order valence-corrected chi connectivity index (χ1v) is 8.46. The molecule has 0 aliphatic carbocycles. The zero-order valence-electron chi connectivity index (χ0n) is 15.3. The maximum absolute atomic E-state index is 13.6. The summed E-state index contributed by atoms with van der Waals surface area (Å²) in [5.41, 5.74) is 4.16. The van der Waals surface area contributed by atoms with Crippen LogP contribution in [0, 0.1) is 5.82 Å². The Labute approximate surface area is 164 Å². The van der Waals surface area contributed by atoms with Crippen LogP contribution in [0.5, 0.6) is 17.2 Å². The lowest BCUT2D eigenvalue weighted by Gasteiger charge is -2.25. The number of para-hydroxylation sites is 2. The molecule has 0 radical (unpaired) electrons. The number of esters is 1. The van der Waals surface area contributed by atoms with Crippen LogP contribution in [-0.2, 0) is 14.3 Å². The van der Waals surface area contributed by atoms with Gasteiger partial charge in [-0.25, -0.2) is 9.18 Å². The molecule has 0 bridgehead atoms. The smallest absolute Gasteiger partial charge is 0.338 e. The normalized spacial score (nSPS) is 14.5. The molecule has 0 saturated heterocycles. The Morgan fingerprint density at radius 2 is 1.90 bits per heavy atom. The molecule has 0 spiro atoms. The molecule has 1 atom stereocenters. The minimum atomic E-state index is -0.963. The quantitative estimate of drug-likeness (QED) is 0.564. The number of hydrogen-bond acceptors (Lipinski definition) is 7. The van der Waals surface area contributed by atoms with E-state index in [1.54, 1.807) is 24.3 Å². The first-order chi connectivity index (χ1) is 14.0. The van der Waals surface area contributed by atoms with E-state index < -0.39 is 36.3 Å². The molecule has 29 heavy (non-hydrogen) atoms. The second-order valence-corrected chi connectivity index (χ2v) is 5.83. The molecule has 1 aliphatic rings. The lowest BCUT2D eigenvalue weighted by atomic mass is 10.2. The second kappa shape index (κ2) is 8.91. The fourth-order valence-corrected chi connectivity index (χ4v) is 2.40. The number of hydrazine groups is 1.